The molecule has 0 saturated carbocycles. The quantitative estimate of drug-likeness (QED) is 0.764. The van der Waals surface area contributed by atoms with E-state index in [0.29, 0.717) is 0 Å². The highest BCUT2D eigenvalue weighted by molar-refractivity contribution is 5.85. The molecule has 0 unspecified atom stereocenters. The minimum absolute atomic E-state index is 0. The van der Waals surface area contributed by atoms with Crippen molar-refractivity contribution in [3.8, 4) is 0 Å². The summed E-state index contributed by atoms with van der Waals surface area (Å²) in [6.07, 6.45) is 0. The zero-order valence-corrected chi connectivity index (χ0v) is 9.28. The fraction of sp³-hybridized carbons (Fsp3) is 0.250. The zero-order chi connectivity index (χ0) is 8.10. The number of benzene rings is 1. The van der Waals surface area contributed by atoms with Crippen LogP contribution in [0.2, 0.25) is 0 Å². The molecule has 13 heavy (non-hydrogen) atoms. The summed E-state index contributed by atoms with van der Waals surface area (Å²) in [5.41, 5.74) is 7.08. The average molecular weight is 224 g/mol. The molecule has 3 nitrogen and oxygen atoms in total. The van der Waals surface area contributed by atoms with Gasteiger partial charge in [-0.15, -0.1) is 24.8 Å². The van der Waals surface area contributed by atoms with E-state index in [1.165, 1.54) is 0 Å². The van der Waals surface area contributed by atoms with Crippen LogP contribution in [0.25, 0.3) is 0 Å². The number of hydrogen-bond donors (Lipinski definition) is 2. The van der Waals surface area contributed by atoms with Gasteiger partial charge in [0.2, 0.25) is 0 Å². The maximum atomic E-state index is 2.99. The minimum atomic E-state index is 0. The topological polar surface area (TPSA) is 27.3 Å². The van der Waals surface area contributed by atoms with E-state index >= 15 is 0 Å². The maximum Gasteiger partial charge on any atom is 0.0701 e. The van der Waals surface area contributed by atoms with Crippen LogP contribution >= 0.6 is 24.8 Å². The fourth-order valence-corrected chi connectivity index (χ4v) is 0.947. The molecule has 1 aromatic rings. The van der Waals surface area contributed by atoms with Crippen molar-refractivity contribution in [1.29, 1.82) is 0 Å². The smallest absolute Gasteiger partial charge is 0.0701 e. The number of hydrazine groups is 2. The van der Waals surface area contributed by atoms with Crippen molar-refractivity contribution in [3.05, 3.63) is 30.3 Å². The highest BCUT2D eigenvalue weighted by Gasteiger charge is 1.96. The van der Waals surface area contributed by atoms with Crippen LogP contribution in [0.1, 0.15) is 0 Å². The monoisotopic (exact) mass is 223 g/mol. The second-order valence-corrected chi connectivity index (χ2v) is 2.12. The van der Waals surface area contributed by atoms with Gasteiger partial charge in [0, 0.05) is 14.1 Å². The maximum absolute atomic E-state index is 2.99. The van der Waals surface area contributed by atoms with Crippen molar-refractivity contribution in [2.75, 3.05) is 19.2 Å². The van der Waals surface area contributed by atoms with Gasteiger partial charge in [-0.1, -0.05) is 18.2 Å². The number of hydrogen-bond acceptors (Lipinski definition) is 3. The van der Waals surface area contributed by atoms with Gasteiger partial charge < -0.3 is 0 Å². The van der Waals surface area contributed by atoms with Gasteiger partial charge in [0.25, 0.3) is 0 Å². The van der Waals surface area contributed by atoms with Crippen molar-refractivity contribution >= 4 is 30.5 Å². The van der Waals surface area contributed by atoms with Gasteiger partial charge in [-0.2, -0.15) is 0 Å². The summed E-state index contributed by atoms with van der Waals surface area (Å²) in [4.78, 5) is 0. The lowest BCUT2D eigenvalue weighted by Crippen LogP contribution is -2.44. The lowest BCUT2D eigenvalue weighted by atomic mass is 10.3. The molecule has 76 valence electrons. The highest BCUT2D eigenvalue weighted by atomic mass is 35.5. The molecule has 0 radical (unpaired) electrons. The van der Waals surface area contributed by atoms with E-state index < -0.39 is 0 Å². The molecular weight excluding hydrogens is 209 g/mol. The largest absolute Gasteiger partial charge is 0.242 e. The van der Waals surface area contributed by atoms with E-state index in [1.807, 2.05) is 49.5 Å². The van der Waals surface area contributed by atoms with Gasteiger partial charge in [-0.3, -0.25) is 0 Å². The first kappa shape index (κ1) is 15.0. The van der Waals surface area contributed by atoms with Gasteiger partial charge >= 0.3 is 0 Å². The van der Waals surface area contributed by atoms with Gasteiger partial charge in [0.1, 0.15) is 0 Å². The molecule has 0 fully saturated rings. The van der Waals surface area contributed by atoms with Crippen molar-refractivity contribution in [1.82, 2.24) is 10.9 Å². The second-order valence-electron chi connectivity index (χ2n) is 2.12. The molecule has 1 rings (SSSR count). The normalized spacial score (nSPS) is 8.15. The Hall–Kier alpha value is -0.480. The van der Waals surface area contributed by atoms with E-state index in [9.17, 15) is 0 Å². The molecule has 0 amide bonds. The van der Waals surface area contributed by atoms with Crippen molar-refractivity contribution in [3.63, 3.8) is 0 Å². The lowest BCUT2D eigenvalue weighted by molar-refractivity contribution is 0.624. The summed E-state index contributed by atoms with van der Waals surface area (Å²) in [5.74, 6) is 0. The molecule has 0 saturated heterocycles. The van der Waals surface area contributed by atoms with Crippen LogP contribution < -0.4 is 16.0 Å². The van der Waals surface area contributed by atoms with E-state index in [-0.39, 0.29) is 24.8 Å². The van der Waals surface area contributed by atoms with Gasteiger partial charge in [0.05, 0.1) is 5.69 Å². The summed E-state index contributed by atoms with van der Waals surface area (Å²) in [7, 11) is 3.73. The summed E-state index contributed by atoms with van der Waals surface area (Å²) >= 11 is 0. The van der Waals surface area contributed by atoms with E-state index in [1.54, 1.807) is 0 Å². The summed E-state index contributed by atoms with van der Waals surface area (Å²) in [6, 6.07) is 10.0. The molecule has 0 aliphatic rings. The molecule has 0 aliphatic carbocycles. The van der Waals surface area contributed by atoms with Gasteiger partial charge in [-0.25, -0.2) is 16.0 Å². The molecule has 0 aliphatic heterocycles. The van der Waals surface area contributed by atoms with E-state index in [4.69, 9.17) is 0 Å². The predicted octanol–water partition coefficient (Wildman–Crippen LogP) is 1.61. The van der Waals surface area contributed by atoms with E-state index in [2.05, 4.69) is 10.9 Å². The Labute approximate surface area is 91.3 Å². The van der Waals surface area contributed by atoms with Crippen LogP contribution in [0.5, 0.6) is 0 Å². The van der Waals surface area contributed by atoms with Gasteiger partial charge in [0.15, 0.2) is 0 Å². The molecule has 5 heteroatoms. The first-order valence-corrected chi connectivity index (χ1v) is 3.58. The summed E-state index contributed by atoms with van der Waals surface area (Å²) in [6.45, 7) is 0. The van der Waals surface area contributed by atoms with Crippen LogP contribution in [-0.4, -0.2) is 14.1 Å². The fourth-order valence-electron chi connectivity index (χ4n) is 0.947. The highest BCUT2D eigenvalue weighted by Crippen LogP contribution is 2.06. The Kier molecular flexibility index (Phi) is 9.39. The SMILES string of the molecule is CNN(NC)c1ccccc1.Cl.Cl. The Balaban J connectivity index is 0. The summed E-state index contributed by atoms with van der Waals surface area (Å²) < 4.78 is 0. The Morgan fingerprint density at radius 3 is 1.77 bits per heavy atom. The van der Waals surface area contributed by atoms with Crippen molar-refractivity contribution in [2.24, 2.45) is 0 Å². The second kappa shape index (κ2) is 8.13. The molecule has 0 atom stereocenters. The number of rotatable bonds is 3. The minimum Gasteiger partial charge on any atom is -0.242 e. The standard InChI is InChI=1S/C8H13N3.2ClH/c1-9-11(10-2)8-6-4-3-5-7-8;;/h3-7,9-10H,1-2H3;2*1H. The molecule has 0 spiro atoms. The molecular formula is C8H15Cl2N3. The number of nitrogens with one attached hydrogen (secondary N) is 2. The average Bonchev–Trinajstić information content (AvgIpc) is 2.09. The third-order valence-electron chi connectivity index (χ3n) is 1.46. The third kappa shape index (κ3) is 4.33. The van der Waals surface area contributed by atoms with Crippen LogP contribution in [0, 0.1) is 0 Å². The van der Waals surface area contributed by atoms with Crippen LogP contribution in [0.3, 0.4) is 0 Å². The van der Waals surface area contributed by atoms with Crippen LogP contribution in [0.4, 0.5) is 5.69 Å². The predicted molar refractivity (Wildman–Crippen MR) is 61.5 cm³/mol. The number of para-hydroxylation sites is 1. The van der Waals surface area contributed by atoms with Crippen LogP contribution in [-0.2, 0) is 0 Å². The summed E-state index contributed by atoms with van der Waals surface area (Å²) in [5, 5.41) is 1.83. The molecule has 2 N–H and O–H groups in total. The first-order chi connectivity index (χ1) is 5.38. The van der Waals surface area contributed by atoms with Crippen molar-refractivity contribution < 1.29 is 0 Å². The lowest BCUT2D eigenvalue weighted by Gasteiger charge is -2.21. The number of anilines is 1. The number of halogens is 2. The molecule has 0 heterocycles. The molecule has 1 aromatic carbocycles. The zero-order valence-electron chi connectivity index (χ0n) is 7.65. The van der Waals surface area contributed by atoms with Gasteiger partial charge in [-0.05, 0) is 12.1 Å². The number of nitrogens with zero attached hydrogens (tertiary/aromatic N) is 1. The van der Waals surface area contributed by atoms with E-state index in [0.717, 1.165) is 5.69 Å². The Morgan fingerprint density at radius 1 is 0.923 bits per heavy atom. The third-order valence-corrected chi connectivity index (χ3v) is 1.46. The van der Waals surface area contributed by atoms with Crippen molar-refractivity contribution in [2.45, 2.75) is 0 Å². The van der Waals surface area contributed by atoms with Crippen LogP contribution in [0.15, 0.2) is 30.3 Å². The molecule has 0 aromatic heterocycles. The Bertz CT molecular complexity index is 202. The Morgan fingerprint density at radius 2 is 1.38 bits per heavy atom. The first-order valence-electron chi connectivity index (χ1n) is 3.58. The molecule has 0 bridgehead atoms.